The van der Waals surface area contributed by atoms with E-state index < -0.39 is 30.0 Å². The Bertz CT molecular complexity index is 583. The maximum atomic E-state index is 12.3. The molecule has 2 aliphatic rings. The van der Waals surface area contributed by atoms with Crippen molar-refractivity contribution < 1.29 is 19.4 Å². The average molecular weight is 294 g/mol. The number of carbonyl (C=O) groups is 2. The van der Waals surface area contributed by atoms with Gasteiger partial charge in [-0.2, -0.15) is 0 Å². The molecular weight excluding hydrogens is 282 g/mol. The van der Waals surface area contributed by atoms with Gasteiger partial charge in [0.1, 0.15) is 5.92 Å². The lowest BCUT2D eigenvalue weighted by Crippen LogP contribution is -2.39. The van der Waals surface area contributed by atoms with E-state index in [-0.39, 0.29) is 5.91 Å². The zero-order valence-corrected chi connectivity index (χ0v) is 11.1. The summed E-state index contributed by atoms with van der Waals surface area (Å²) in [4.78, 5) is 23.6. The van der Waals surface area contributed by atoms with E-state index in [1.54, 1.807) is 36.4 Å². The van der Waals surface area contributed by atoms with Crippen molar-refractivity contribution in [3.63, 3.8) is 0 Å². The first-order chi connectivity index (χ1) is 9.56. The minimum absolute atomic E-state index is 0.350. The fourth-order valence-corrected chi connectivity index (χ4v) is 2.80. The van der Waals surface area contributed by atoms with Crippen molar-refractivity contribution in [2.75, 3.05) is 5.32 Å². The van der Waals surface area contributed by atoms with E-state index in [1.807, 2.05) is 0 Å². The number of benzene rings is 1. The first-order valence-corrected chi connectivity index (χ1v) is 6.57. The highest BCUT2D eigenvalue weighted by Crippen LogP contribution is 2.39. The lowest BCUT2D eigenvalue weighted by Gasteiger charge is -2.20. The third kappa shape index (κ3) is 2.19. The Morgan fingerprint density at radius 2 is 1.70 bits per heavy atom. The molecule has 1 amide bonds. The fraction of sp³-hybridized carbons (Fsp3) is 0.286. The Hall–Kier alpha value is -1.85. The first-order valence-electron chi connectivity index (χ1n) is 6.19. The van der Waals surface area contributed by atoms with Crippen molar-refractivity contribution in [3.8, 4) is 0 Å². The van der Waals surface area contributed by atoms with Crippen LogP contribution in [0.2, 0.25) is 5.02 Å². The quantitative estimate of drug-likeness (QED) is 0.835. The molecule has 1 saturated heterocycles. The molecule has 2 heterocycles. The molecule has 1 aromatic rings. The Balaban J connectivity index is 1.78. The van der Waals surface area contributed by atoms with Crippen LogP contribution in [0.15, 0.2) is 36.4 Å². The van der Waals surface area contributed by atoms with Crippen LogP contribution in [0.4, 0.5) is 5.69 Å². The van der Waals surface area contributed by atoms with E-state index in [0.717, 1.165) is 0 Å². The van der Waals surface area contributed by atoms with Gasteiger partial charge in [-0.3, -0.25) is 9.59 Å². The molecule has 0 aromatic heterocycles. The van der Waals surface area contributed by atoms with Crippen LogP contribution in [0, 0.1) is 11.8 Å². The monoisotopic (exact) mass is 293 g/mol. The van der Waals surface area contributed by atoms with Gasteiger partial charge in [0.05, 0.1) is 18.1 Å². The molecule has 0 saturated carbocycles. The van der Waals surface area contributed by atoms with E-state index in [2.05, 4.69) is 5.32 Å². The van der Waals surface area contributed by atoms with Crippen molar-refractivity contribution in [3.05, 3.63) is 41.4 Å². The number of hydrogen-bond acceptors (Lipinski definition) is 3. The minimum Gasteiger partial charge on any atom is -0.481 e. The number of carboxylic acid groups (broad SMARTS) is 1. The maximum Gasteiger partial charge on any atom is 0.310 e. The highest BCUT2D eigenvalue weighted by molar-refractivity contribution is 6.30. The Kier molecular flexibility index (Phi) is 3.23. The molecule has 3 rings (SSSR count). The van der Waals surface area contributed by atoms with E-state index in [0.29, 0.717) is 10.7 Å². The number of carbonyl (C=O) groups excluding carboxylic acids is 1. The summed E-state index contributed by atoms with van der Waals surface area (Å²) in [6.45, 7) is 0. The third-order valence-electron chi connectivity index (χ3n) is 3.60. The second-order valence-electron chi connectivity index (χ2n) is 4.84. The number of rotatable bonds is 3. The number of aliphatic carboxylic acids is 1. The molecule has 2 N–H and O–H groups in total. The van der Waals surface area contributed by atoms with Gasteiger partial charge < -0.3 is 15.2 Å². The summed E-state index contributed by atoms with van der Waals surface area (Å²) < 4.78 is 5.46. The number of hydrogen-bond donors (Lipinski definition) is 2. The zero-order chi connectivity index (χ0) is 14.3. The summed E-state index contributed by atoms with van der Waals surface area (Å²) in [5.74, 6) is -2.91. The highest BCUT2D eigenvalue weighted by atomic mass is 35.5. The Morgan fingerprint density at radius 1 is 1.10 bits per heavy atom. The Morgan fingerprint density at radius 3 is 2.30 bits per heavy atom. The molecule has 1 aromatic carbocycles. The van der Waals surface area contributed by atoms with Crippen LogP contribution in [0.25, 0.3) is 0 Å². The van der Waals surface area contributed by atoms with Crippen molar-refractivity contribution >= 4 is 29.2 Å². The predicted octanol–water partition coefficient (Wildman–Crippen LogP) is 1.93. The molecule has 4 atom stereocenters. The number of anilines is 1. The predicted molar refractivity (Wildman–Crippen MR) is 72.5 cm³/mol. The first kappa shape index (κ1) is 13.1. The molecule has 0 spiro atoms. The number of amides is 1. The van der Waals surface area contributed by atoms with E-state index in [1.165, 1.54) is 0 Å². The second kappa shape index (κ2) is 4.92. The van der Waals surface area contributed by atoms with Crippen molar-refractivity contribution in [2.24, 2.45) is 11.8 Å². The molecular formula is C14H12ClNO4. The molecule has 0 aliphatic carbocycles. The van der Waals surface area contributed by atoms with Crippen LogP contribution < -0.4 is 5.32 Å². The van der Waals surface area contributed by atoms with Crippen LogP contribution in [0.1, 0.15) is 0 Å². The summed E-state index contributed by atoms with van der Waals surface area (Å²) in [6, 6.07) is 6.64. The van der Waals surface area contributed by atoms with Crippen LogP contribution in [0.3, 0.4) is 0 Å². The number of halogens is 1. The summed E-state index contributed by atoms with van der Waals surface area (Å²) in [6.07, 6.45) is 2.47. The zero-order valence-electron chi connectivity index (χ0n) is 10.3. The molecule has 2 bridgehead atoms. The number of nitrogens with one attached hydrogen (secondary N) is 1. The summed E-state index contributed by atoms with van der Waals surface area (Å²) in [5.41, 5.74) is 0.579. The molecule has 6 heteroatoms. The van der Waals surface area contributed by atoms with Crippen LogP contribution in [-0.4, -0.2) is 29.2 Å². The number of fused-ring (bicyclic) bond motifs is 2. The lowest BCUT2D eigenvalue weighted by atomic mass is 9.82. The molecule has 0 unspecified atom stereocenters. The van der Waals surface area contributed by atoms with Gasteiger partial charge in [-0.1, -0.05) is 23.8 Å². The van der Waals surface area contributed by atoms with Gasteiger partial charge in [0.25, 0.3) is 0 Å². The van der Waals surface area contributed by atoms with Gasteiger partial charge in [-0.15, -0.1) is 0 Å². The van der Waals surface area contributed by atoms with Gasteiger partial charge in [0, 0.05) is 10.7 Å². The largest absolute Gasteiger partial charge is 0.481 e. The fourth-order valence-electron chi connectivity index (χ4n) is 2.67. The number of carboxylic acids is 1. The highest BCUT2D eigenvalue weighted by Gasteiger charge is 2.53. The summed E-state index contributed by atoms with van der Waals surface area (Å²) >= 11 is 5.77. The van der Waals surface area contributed by atoms with Crippen LogP contribution >= 0.6 is 11.6 Å². The summed E-state index contributed by atoms with van der Waals surface area (Å²) in [5, 5.41) is 12.5. The van der Waals surface area contributed by atoms with Gasteiger partial charge in [0.2, 0.25) is 5.91 Å². The normalized spacial score (nSPS) is 30.4. The molecule has 2 aliphatic heterocycles. The topological polar surface area (TPSA) is 75.6 Å². The van der Waals surface area contributed by atoms with E-state index in [4.69, 9.17) is 16.3 Å². The molecule has 1 fully saturated rings. The Labute approximate surface area is 120 Å². The summed E-state index contributed by atoms with van der Waals surface area (Å²) in [7, 11) is 0. The molecule has 20 heavy (non-hydrogen) atoms. The minimum atomic E-state index is -1.02. The van der Waals surface area contributed by atoms with Gasteiger partial charge >= 0.3 is 5.97 Å². The number of ether oxygens (including phenoxy) is 1. The van der Waals surface area contributed by atoms with Crippen molar-refractivity contribution in [1.82, 2.24) is 0 Å². The van der Waals surface area contributed by atoms with Gasteiger partial charge in [0.15, 0.2) is 0 Å². The van der Waals surface area contributed by atoms with Gasteiger partial charge in [-0.05, 0) is 24.3 Å². The lowest BCUT2D eigenvalue weighted by molar-refractivity contribution is -0.145. The van der Waals surface area contributed by atoms with E-state index >= 15 is 0 Å². The smallest absolute Gasteiger partial charge is 0.310 e. The van der Waals surface area contributed by atoms with Crippen molar-refractivity contribution in [1.29, 1.82) is 0 Å². The van der Waals surface area contributed by atoms with Crippen LogP contribution in [0.5, 0.6) is 0 Å². The molecule has 0 radical (unpaired) electrons. The average Bonchev–Trinajstić information content (AvgIpc) is 3.01. The third-order valence-corrected chi connectivity index (χ3v) is 3.85. The molecule has 104 valence electrons. The molecule has 5 nitrogen and oxygen atoms in total. The van der Waals surface area contributed by atoms with Crippen LogP contribution in [-0.2, 0) is 14.3 Å². The second-order valence-corrected chi connectivity index (χ2v) is 5.27. The maximum absolute atomic E-state index is 12.3. The SMILES string of the molecule is O=C(Nc1ccc(Cl)cc1)[C@@H]1[C@H](C(=O)O)[C@H]2C=C[C@H]1O2. The standard InChI is InChI=1S/C14H12ClNO4/c15-7-1-3-8(4-2-7)16-13(17)11-9-5-6-10(20-9)12(11)14(18)19/h1-6,9-12H,(H,16,17)(H,18,19)/t9-,10-,11+,12-/m1/s1. The van der Waals surface area contributed by atoms with E-state index in [9.17, 15) is 14.7 Å². The van der Waals surface area contributed by atoms with Crippen molar-refractivity contribution in [2.45, 2.75) is 12.2 Å². The van der Waals surface area contributed by atoms with Gasteiger partial charge in [-0.25, -0.2) is 0 Å².